The lowest BCUT2D eigenvalue weighted by atomic mass is 9.89. The predicted octanol–water partition coefficient (Wildman–Crippen LogP) is 0.338. The number of hydrogen-bond acceptors (Lipinski definition) is 4. The first-order chi connectivity index (χ1) is 8.75. The van der Waals surface area contributed by atoms with Gasteiger partial charge in [-0.15, -0.1) is 0 Å². The molecule has 0 bridgehead atoms. The Bertz CT molecular complexity index is 449. The van der Waals surface area contributed by atoms with Crippen LogP contribution in [0.3, 0.4) is 0 Å². The van der Waals surface area contributed by atoms with Gasteiger partial charge < -0.3 is 16.4 Å². The van der Waals surface area contributed by atoms with E-state index in [0.29, 0.717) is 17.7 Å². The Morgan fingerprint density at radius 1 is 1.44 bits per heavy atom. The number of anilines is 1. The first kappa shape index (κ1) is 11.5. The summed E-state index contributed by atoms with van der Waals surface area (Å²) >= 11 is 0. The minimum absolute atomic E-state index is 0.355. The summed E-state index contributed by atoms with van der Waals surface area (Å²) in [6, 6.07) is 2.13. The number of aromatic nitrogens is 2. The fourth-order valence-electron chi connectivity index (χ4n) is 3.01. The molecule has 6 heteroatoms. The number of amides is 1. The van der Waals surface area contributed by atoms with Gasteiger partial charge in [0.25, 0.3) is 5.91 Å². The lowest BCUT2D eigenvalue weighted by Crippen LogP contribution is -2.38. The summed E-state index contributed by atoms with van der Waals surface area (Å²) in [6.45, 7) is 3.08. The van der Waals surface area contributed by atoms with Gasteiger partial charge in [0.1, 0.15) is 5.82 Å². The minimum atomic E-state index is -0.459. The Kier molecular flexibility index (Phi) is 2.95. The van der Waals surface area contributed by atoms with Crippen LogP contribution < -0.4 is 16.4 Å². The molecule has 18 heavy (non-hydrogen) atoms. The standard InChI is InChI=1S/C12H19N5O/c13-12(18)9-6-11-15-5-3-10(17(11)16-9)8-2-1-4-14-7-8/h6,8,10,14-15H,1-5,7H2,(H2,13,18). The fraction of sp³-hybridized carbons (Fsp3) is 0.667. The molecule has 98 valence electrons. The van der Waals surface area contributed by atoms with Crippen LogP contribution in [0.1, 0.15) is 35.8 Å². The van der Waals surface area contributed by atoms with Crippen molar-refractivity contribution in [2.75, 3.05) is 25.0 Å². The molecule has 1 saturated heterocycles. The van der Waals surface area contributed by atoms with E-state index < -0.39 is 5.91 Å². The van der Waals surface area contributed by atoms with Crippen molar-refractivity contribution in [2.45, 2.75) is 25.3 Å². The minimum Gasteiger partial charge on any atom is -0.370 e. The second-order valence-corrected chi connectivity index (χ2v) is 5.11. The van der Waals surface area contributed by atoms with E-state index in [1.54, 1.807) is 6.07 Å². The molecule has 0 spiro atoms. The van der Waals surface area contributed by atoms with Crippen molar-refractivity contribution in [1.82, 2.24) is 15.1 Å². The van der Waals surface area contributed by atoms with Gasteiger partial charge in [-0.1, -0.05) is 0 Å². The normalized spacial score (nSPS) is 27.3. The number of carbonyl (C=O) groups is 1. The topological polar surface area (TPSA) is 85.0 Å². The molecular weight excluding hydrogens is 230 g/mol. The molecule has 0 radical (unpaired) electrons. The maximum atomic E-state index is 11.2. The first-order valence-corrected chi connectivity index (χ1v) is 6.59. The lowest BCUT2D eigenvalue weighted by molar-refractivity contribution is 0.0993. The number of primary amides is 1. The number of hydrogen-bond donors (Lipinski definition) is 3. The molecule has 1 amide bonds. The van der Waals surface area contributed by atoms with Gasteiger partial charge in [0.05, 0.1) is 6.04 Å². The smallest absolute Gasteiger partial charge is 0.269 e. The van der Waals surface area contributed by atoms with E-state index in [1.807, 2.05) is 4.68 Å². The molecule has 1 aromatic heterocycles. The van der Waals surface area contributed by atoms with Crippen molar-refractivity contribution < 1.29 is 4.79 Å². The van der Waals surface area contributed by atoms with Crippen LogP contribution in [0.15, 0.2) is 6.07 Å². The van der Waals surface area contributed by atoms with Gasteiger partial charge in [-0.05, 0) is 38.3 Å². The largest absolute Gasteiger partial charge is 0.370 e. The Morgan fingerprint density at radius 3 is 3.06 bits per heavy atom. The third-order valence-electron chi connectivity index (χ3n) is 3.93. The lowest BCUT2D eigenvalue weighted by Gasteiger charge is -2.34. The molecule has 3 heterocycles. The number of nitrogens with two attached hydrogens (primary N) is 1. The SMILES string of the molecule is NC(=O)c1cc2n(n1)C(C1CCCNC1)CCN2. The van der Waals surface area contributed by atoms with Crippen molar-refractivity contribution in [3.63, 3.8) is 0 Å². The highest BCUT2D eigenvalue weighted by Crippen LogP contribution is 2.33. The van der Waals surface area contributed by atoms with Crippen molar-refractivity contribution >= 4 is 11.7 Å². The zero-order valence-electron chi connectivity index (χ0n) is 10.4. The Balaban J connectivity index is 1.88. The average molecular weight is 249 g/mol. The number of piperidine rings is 1. The van der Waals surface area contributed by atoms with E-state index in [-0.39, 0.29) is 0 Å². The van der Waals surface area contributed by atoms with E-state index in [4.69, 9.17) is 5.73 Å². The van der Waals surface area contributed by atoms with E-state index in [0.717, 1.165) is 31.9 Å². The molecule has 6 nitrogen and oxygen atoms in total. The van der Waals surface area contributed by atoms with Crippen LogP contribution in [0.4, 0.5) is 5.82 Å². The molecule has 2 aliphatic heterocycles. The zero-order chi connectivity index (χ0) is 12.5. The van der Waals surface area contributed by atoms with Crippen molar-refractivity contribution in [3.8, 4) is 0 Å². The molecule has 0 saturated carbocycles. The molecule has 1 aromatic rings. The van der Waals surface area contributed by atoms with Gasteiger partial charge in [0.15, 0.2) is 5.69 Å². The number of fused-ring (bicyclic) bond motifs is 1. The molecule has 2 aliphatic rings. The molecule has 2 atom stereocenters. The monoisotopic (exact) mass is 249 g/mol. The fourth-order valence-corrected chi connectivity index (χ4v) is 3.01. The maximum absolute atomic E-state index is 11.2. The Hall–Kier alpha value is -1.56. The van der Waals surface area contributed by atoms with Crippen LogP contribution in [0, 0.1) is 5.92 Å². The third kappa shape index (κ3) is 1.96. The number of rotatable bonds is 2. The van der Waals surface area contributed by atoms with E-state index >= 15 is 0 Å². The second kappa shape index (κ2) is 4.61. The number of nitrogens with one attached hydrogen (secondary N) is 2. The van der Waals surface area contributed by atoms with Crippen LogP contribution in [-0.2, 0) is 0 Å². The van der Waals surface area contributed by atoms with E-state index in [2.05, 4.69) is 15.7 Å². The van der Waals surface area contributed by atoms with Crippen molar-refractivity contribution in [3.05, 3.63) is 11.8 Å². The highest BCUT2D eigenvalue weighted by Gasteiger charge is 2.30. The van der Waals surface area contributed by atoms with E-state index in [1.165, 1.54) is 12.8 Å². The van der Waals surface area contributed by atoms with Crippen LogP contribution in [0.5, 0.6) is 0 Å². The van der Waals surface area contributed by atoms with Gasteiger partial charge in [0.2, 0.25) is 0 Å². The van der Waals surface area contributed by atoms with Gasteiger partial charge in [-0.3, -0.25) is 4.79 Å². The number of carbonyl (C=O) groups excluding carboxylic acids is 1. The van der Waals surface area contributed by atoms with Gasteiger partial charge in [-0.2, -0.15) is 5.10 Å². The van der Waals surface area contributed by atoms with Gasteiger partial charge >= 0.3 is 0 Å². The van der Waals surface area contributed by atoms with Crippen LogP contribution in [0.25, 0.3) is 0 Å². The summed E-state index contributed by atoms with van der Waals surface area (Å²) in [4.78, 5) is 11.2. The Morgan fingerprint density at radius 2 is 2.33 bits per heavy atom. The summed E-state index contributed by atoms with van der Waals surface area (Å²) in [5, 5.41) is 11.1. The van der Waals surface area contributed by atoms with Crippen LogP contribution in [0.2, 0.25) is 0 Å². The van der Waals surface area contributed by atoms with Crippen LogP contribution in [-0.4, -0.2) is 35.3 Å². The summed E-state index contributed by atoms with van der Waals surface area (Å²) < 4.78 is 1.96. The molecular formula is C12H19N5O. The molecule has 1 fully saturated rings. The van der Waals surface area contributed by atoms with Crippen LogP contribution >= 0.6 is 0 Å². The Labute approximate surface area is 106 Å². The highest BCUT2D eigenvalue weighted by atomic mass is 16.1. The predicted molar refractivity (Wildman–Crippen MR) is 68.5 cm³/mol. The molecule has 0 aromatic carbocycles. The summed E-state index contributed by atoms with van der Waals surface area (Å²) in [7, 11) is 0. The second-order valence-electron chi connectivity index (χ2n) is 5.11. The van der Waals surface area contributed by atoms with Gasteiger partial charge in [-0.25, -0.2) is 4.68 Å². The van der Waals surface area contributed by atoms with Gasteiger partial charge in [0, 0.05) is 12.6 Å². The molecule has 4 N–H and O–H groups in total. The summed E-state index contributed by atoms with van der Waals surface area (Å²) in [5.74, 6) is 1.06. The third-order valence-corrected chi connectivity index (χ3v) is 3.93. The molecule has 2 unspecified atom stereocenters. The highest BCUT2D eigenvalue weighted by molar-refractivity contribution is 5.91. The zero-order valence-corrected chi connectivity index (χ0v) is 10.4. The quantitative estimate of drug-likeness (QED) is 0.705. The first-order valence-electron chi connectivity index (χ1n) is 6.59. The maximum Gasteiger partial charge on any atom is 0.269 e. The van der Waals surface area contributed by atoms with Crippen molar-refractivity contribution in [2.24, 2.45) is 11.7 Å². The molecule has 3 rings (SSSR count). The average Bonchev–Trinajstić information content (AvgIpc) is 2.83. The number of nitrogens with zero attached hydrogens (tertiary/aromatic N) is 2. The van der Waals surface area contributed by atoms with Crippen molar-refractivity contribution in [1.29, 1.82) is 0 Å². The summed E-state index contributed by atoms with van der Waals surface area (Å²) in [5.41, 5.74) is 5.65. The summed E-state index contributed by atoms with van der Waals surface area (Å²) in [6.07, 6.45) is 3.50. The molecule has 0 aliphatic carbocycles. The van der Waals surface area contributed by atoms with E-state index in [9.17, 15) is 4.79 Å².